The number of hydrogen-bond acceptors (Lipinski definition) is 6. The largest absolute Gasteiger partial charge is 0.482 e. The van der Waals surface area contributed by atoms with Gasteiger partial charge in [-0.2, -0.15) is 0 Å². The molecule has 0 radical (unpaired) electrons. The molecule has 1 amide bonds. The molecule has 0 saturated carbocycles. The number of amides is 1. The van der Waals surface area contributed by atoms with Crippen LogP contribution < -0.4 is 4.74 Å². The number of rotatable bonds is 8. The number of carbonyl (C=O) groups excluding carboxylic acids is 2. The van der Waals surface area contributed by atoms with Crippen molar-refractivity contribution in [1.82, 2.24) is 4.90 Å². The van der Waals surface area contributed by atoms with Crippen LogP contribution in [0, 0.1) is 0 Å². The Kier molecular flexibility index (Phi) is 6.73. The number of nitrogens with zero attached hydrogens (tertiary/aromatic N) is 1. The number of thioether (sulfide) groups is 1. The van der Waals surface area contributed by atoms with Gasteiger partial charge < -0.3 is 19.1 Å². The third-order valence-corrected chi connectivity index (χ3v) is 4.58. The third-order valence-electron chi connectivity index (χ3n) is 3.34. The van der Waals surface area contributed by atoms with Gasteiger partial charge in [0.2, 0.25) is 5.91 Å². The summed E-state index contributed by atoms with van der Waals surface area (Å²) in [4.78, 5) is 25.3. The van der Waals surface area contributed by atoms with Gasteiger partial charge in [-0.15, -0.1) is 11.8 Å². The van der Waals surface area contributed by atoms with Crippen LogP contribution in [0.3, 0.4) is 0 Å². The minimum atomic E-state index is -0.409. The average Bonchev–Trinajstić information content (AvgIpc) is 2.92. The van der Waals surface area contributed by atoms with E-state index < -0.39 is 5.97 Å². The van der Waals surface area contributed by atoms with Gasteiger partial charge in [0, 0.05) is 19.2 Å². The van der Waals surface area contributed by atoms with Crippen LogP contribution in [0.5, 0.6) is 5.75 Å². The van der Waals surface area contributed by atoms with Crippen LogP contribution >= 0.6 is 11.8 Å². The van der Waals surface area contributed by atoms with Crippen molar-refractivity contribution in [3.8, 4) is 5.75 Å². The first kappa shape index (κ1) is 17.6. The van der Waals surface area contributed by atoms with Gasteiger partial charge in [0.25, 0.3) is 0 Å². The molecule has 1 saturated heterocycles. The van der Waals surface area contributed by atoms with E-state index in [0.717, 1.165) is 5.56 Å². The minimum Gasteiger partial charge on any atom is -0.482 e. The molecular weight excluding hydrogens is 318 g/mol. The fourth-order valence-corrected chi connectivity index (χ4v) is 3.54. The van der Waals surface area contributed by atoms with E-state index in [1.807, 2.05) is 18.2 Å². The van der Waals surface area contributed by atoms with Crippen LogP contribution in [0.4, 0.5) is 0 Å². The van der Waals surface area contributed by atoms with E-state index in [1.165, 1.54) is 0 Å². The zero-order valence-corrected chi connectivity index (χ0v) is 14.1. The van der Waals surface area contributed by atoms with Crippen LogP contribution in [0.2, 0.25) is 0 Å². The third kappa shape index (κ3) is 4.62. The van der Waals surface area contributed by atoms with Gasteiger partial charge in [0.05, 0.1) is 19.0 Å². The molecule has 0 N–H and O–H groups in total. The lowest BCUT2D eigenvalue weighted by atomic mass is 10.2. The summed E-state index contributed by atoms with van der Waals surface area (Å²) in [5.41, 5.74) is 0.878. The first-order valence-electron chi connectivity index (χ1n) is 7.44. The summed E-state index contributed by atoms with van der Waals surface area (Å²) in [7, 11) is 1.61. The van der Waals surface area contributed by atoms with Crippen molar-refractivity contribution in [1.29, 1.82) is 0 Å². The Labute approximate surface area is 140 Å². The van der Waals surface area contributed by atoms with Crippen molar-refractivity contribution in [3.05, 3.63) is 29.8 Å². The monoisotopic (exact) mass is 339 g/mol. The molecule has 1 aliphatic rings. The summed E-state index contributed by atoms with van der Waals surface area (Å²) in [6.45, 7) is 2.93. The summed E-state index contributed by atoms with van der Waals surface area (Å²) < 4.78 is 15.5. The van der Waals surface area contributed by atoms with Gasteiger partial charge in [-0.3, -0.25) is 4.79 Å². The standard InChI is InChI=1S/C16H21NO5S/c1-3-21-15(19)10-22-13-7-5-4-6-12(13)16-17(8-9-20-2)14(18)11-23-16/h4-7,16H,3,8-11H2,1-2H3. The van der Waals surface area contributed by atoms with Crippen molar-refractivity contribution in [2.45, 2.75) is 12.3 Å². The number of carbonyl (C=O) groups is 2. The van der Waals surface area contributed by atoms with E-state index in [1.54, 1.807) is 36.8 Å². The number of para-hydroxylation sites is 1. The van der Waals surface area contributed by atoms with Crippen LogP contribution in [-0.2, 0) is 19.1 Å². The molecule has 1 aliphatic heterocycles. The van der Waals surface area contributed by atoms with Crippen LogP contribution in [-0.4, -0.2) is 56.0 Å². The van der Waals surface area contributed by atoms with Crippen LogP contribution in [0.15, 0.2) is 24.3 Å². The Balaban J connectivity index is 2.12. The van der Waals surface area contributed by atoms with E-state index in [9.17, 15) is 9.59 Å². The molecule has 1 aromatic rings. The second kappa shape index (κ2) is 8.79. The smallest absolute Gasteiger partial charge is 0.344 e. The summed E-state index contributed by atoms with van der Waals surface area (Å²) in [5.74, 6) is 0.696. The molecule has 0 bridgehead atoms. The molecule has 1 atom stereocenters. The van der Waals surface area contributed by atoms with E-state index in [0.29, 0.717) is 31.3 Å². The Morgan fingerprint density at radius 3 is 2.91 bits per heavy atom. The first-order chi connectivity index (χ1) is 11.2. The highest BCUT2D eigenvalue weighted by Gasteiger charge is 2.34. The highest BCUT2D eigenvalue weighted by Crippen LogP contribution is 2.42. The van der Waals surface area contributed by atoms with Gasteiger partial charge in [0.1, 0.15) is 11.1 Å². The molecule has 0 aromatic heterocycles. The van der Waals surface area contributed by atoms with Gasteiger partial charge in [-0.25, -0.2) is 4.79 Å². The highest BCUT2D eigenvalue weighted by atomic mass is 32.2. The van der Waals surface area contributed by atoms with Crippen LogP contribution in [0.25, 0.3) is 0 Å². The predicted octanol–water partition coefficient (Wildman–Crippen LogP) is 1.85. The molecule has 1 heterocycles. The topological polar surface area (TPSA) is 65.1 Å². The van der Waals surface area contributed by atoms with Gasteiger partial charge in [-0.1, -0.05) is 18.2 Å². The Bertz CT molecular complexity index is 551. The molecule has 0 aliphatic carbocycles. The summed E-state index contributed by atoms with van der Waals surface area (Å²) in [6, 6.07) is 7.44. The Hall–Kier alpha value is -1.73. The SMILES string of the molecule is CCOC(=O)COc1ccccc1C1SCC(=O)N1CCOC. The van der Waals surface area contributed by atoms with Gasteiger partial charge in [0.15, 0.2) is 6.61 Å². The lowest BCUT2D eigenvalue weighted by molar-refractivity contribution is -0.145. The van der Waals surface area contributed by atoms with Crippen molar-refractivity contribution in [3.63, 3.8) is 0 Å². The zero-order chi connectivity index (χ0) is 16.7. The Morgan fingerprint density at radius 1 is 1.39 bits per heavy atom. The lowest BCUT2D eigenvalue weighted by Crippen LogP contribution is -2.31. The van der Waals surface area contributed by atoms with E-state index in [4.69, 9.17) is 14.2 Å². The summed E-state index contributed by atoms with van der Waals surface area (Å²) >= 11 is 1.55. The van der Waals surface area contributed by atoms with Crippen molar-refractivity contribution >= 4 is 23.6 Å². The molecule has 7 heteroatoms. The number of methoxy groups -OCH3 is 1. The van der Waals surface area contributed by atoms with Gasteiger partial charge >= 0.3 is 5.97 Å². The quantitative estimate of drug-likeness (QED) is 0.674. The highest BCUT2D eigenvalue weighted by molar-refractivity contribution is 8.00. The molecule has 0 spiro atoms. The fraction of sp³-hybridized carbons (Fsp3) is 0.500. The molecule has 126 valence electrons. The number of hydrogen-bond donors (Lipinski definition) is 0. The number of benzene rings is 1. The van der Waals surface area contributed by atoms with Gasteiger partial charge in [-0.05, 0) is 13.0 Å². The first-order valence-corrected chi connectivity index (χ1v) is 8.49. The minimum absolute atomic E-state index is 0.0808. The summed E-state index contributed by atoms with van der Waals surface area (Å²) in [5, 5.41) is -0.129. The van der Waals surface area contributed by atoms with Crippen molar-refractivity contribution in [2.24, 2.45) is 0 Å². The van der Waals surface area contributed by atoms with E-state index in [2.05, 4.69) is 0 Å². The Morgan fingerprint density at radius 2 is 2.17 bits per heavy atom. The average molecular weight is 339 g/mol. The number of ether oxygens (including phenoxy) is 3. The molecule has 23 heavy (non-hydrogen) atoms. The fourth-order valence-electron chi connectivity index (χ4n) is 2.30. The predicted molar refractivity (Wildman–Crippen MR) is 87.4 cm³/mol. The summed E-state index contributed by atoms with van der Waals surface area (Å²) in [6.07, 6.45) is 0. The van der Waals surface area contributed by atoms with E-state index in [-0.39, 0.29) is 17.9 Å². The van der Waals surface area contributed by atoms with Crippen molar-refractivity contribution in [2.75, 3.05) is 39.2 Å². The lowest BCUT2D eigenvalue weighted by Gasteiger charge is -2.25. The molecule has 1 unspecified atom stereocenters. The second-order valence-corrected chi connectivity index (χ2v) is 5.94. The zero-order valence-electron chi connectivity index (χ0n) is 13.3. The molecule has 1 fully saturated rings. The van der Waals surface area contributed by atoms with Crippen molar-refractivity contribution < 1.29 is 23.8 Å². The molecule has 1 aromatic carbocycles. The molecule has 6 nitrogen and oxygen atoms in total. The molecule has 2 rings (SSSR count). The maximum absolute atomic E-state index is 12.1. The number of esters is 1. The second-order valence-electron chi connectivity index (χ2n) is 4.87. The normalized spacial score (nSPS) is 17.4. The van der Waals surface area contributed by atoms with Crippen LogP contribution in [0.1, 0.15) is 17.9 Å². The maximum Gasteiger partial charge on any atom is 0.344 e. The molecular formula is C16H21NO5S. The van der Waals surface area contributed by atoms with E-state index >= 15 is 0 Å². The maximum atomic E-state index is 12.1.